The number of ether oxygens (including phenoxy) is 2. The first-order chi connectivity index (χ1) is 12.3. The Labute approximate surface area is 160 Å². The van der Waals surface area contributed by atoms with Crippen LogP contribution in [0.25, 0.3) is 0 Å². The minimum Gasteiger partial charge on any atom is -0.443 e. The smallest absolute Gasteiger partial charge is 0.420 e. The Balaban J connectivity index is 3.04. The van der Waals surface area contributed by atoms with Crippen molar-refractivity contribution < 1.29 is 23.9 Å². The Kier molecular flexibility index (Phi) is 7.21. The number of carbonyl (C=O) groups is 2. The number of amidine groups is 1. The predicted octanol–water partition coefficient (Wildman–Crippen LogP) is 3.63. The van der Waals surface area contributed by atoms with E-state index in [2.05, 4.69) is 9.99 Å². The van der Waals surface area contributed by atoms with Gasteiger partial charge in [0.1, 0.15) is 18.3 Å². The number of carbonyl (C=O) groups excluding carboxylic acids is 2. The fourth-order valence-corrected chi connectivity index (χ4v) is 1.95. The molecule has 0 aliphatic carbocycles. The van der Waals surface area contributed by atoms with Crippen LogP contribution in [0.2, 0.25) is 0 Å². The summed E-state index contributed by atoms with van der Waals surface area (Å²) in [7, 11) is 1.40. The van der Waals surface area contributed by atoms with Gasteiger partial charge in [-0.25, -0.2) is 14.5 Å². The van der Waals surface area contributed by atoms with E-state index in [1.807, 2.05) is 0 Å². The lowest BCUT2D eigenvalue weighted by Crippen LogP contribution is -2.43. The number of imide groups is 1. The molecule has 0 unspecified atom stereocenters. The maximum Gasteiger partial charge on any atom is 0.420 e. The van der Waals surface area contributed by atoms with E-state index in [0.29, 0.717) is 11.1 Å². The first kappa shape index (κ1) is 22.3. The highest BCUT2D eigenvalue weighted by Gasteiger charge is 2.31. The summed E-state index contributed by atoms with van der Waals surface area (Å²) in [6.07, 6.45) is -1.55. The minimum atomic E-state index is -0.777. The normalized spacial score (nSPS) is 12.3. The van der Waals surface area contributed by atoms with Crippen molar-refractivity contribution >= 4 is 18.0 Å². The molecule has 0 heterocycles. The van der Waals surface area contributed by atoms with Gasteiger partial charge in [0, 0.05) is 5.56 Å². The molecule has 2 amide bonds. The SMILES string of the molecule is CON=C(N)c1ccc(CN(C(=O)OC(C)(C)C)C(=O)OC(C)(C)C)cc1. The van der Waals surface area contributed by atoms with Crippen LogP contribution >= 0.6 is 0 Å². The molecule has 0 atom stereocenters. The number of hydrogen-bond donors (Lipinski definition) is 1. The molecule has 1 rings (SSSR count). The van der Waals surface area contributed by atoms with E-state index in [4.69, 9.17) is 15.2 Å². The first-order valence-corrected chi connectivity index (χ1v) is 8.52. The standard InChI is InChI=1S/C19H29N3O5/c1-18(2,3)26-16(23)22(17(24)27-19(4,5)6)12-13-8-10-14(11-9-13)15(20)21-25-7/h8-11H,12H2,1-7H3,(H2,20,21). The Morgan fingerprint density at radius 3 is 1.78 bits per heavy atom. The van der Waals surface area contributed by atoms with Crippen LogP contribution in [0.1, 0.15) is 52.7 Å². The number of rotatable bonds is 4. The van der Waals surface area contributed by atoms with Crippen molar-refractivity contribution in [1.29, 1.82) is 0 Å². The topological polar surface area (TPSA) is 103 Å². The molecule has 0 spiro atoms. The highest BCUT2D eigenvalue weighted by atomic mass is 16.6. The molecular weight excluding hydrogens is 350 g/mol. The summed E-state index contributed by atoms with van der Waals surface area (Å²) in [5.41, 5.74) is 5.62. The van der Waals surface area contributed by atoms with Gasteiger partial charge in [-0.15, -0.1) is 0 Å². The van der Waals surface area contributed by atoms with Gasteiger partial charge >= 0.3 is 12.2 Å². The van der Waals surface area contributed by atoms with E-state index >= 15 is 0 Å². The lowest BCUT2D eigenvalue weighted by Gasteiger charge is -2.28. The molecule has 150 valence electrons. The maximum atomic E-state index is 12.5. The molecule has 0 bridgehead atoms. The van der Waals surface area contributed by atoms with Crippen molar-refractivity contribution in [1.82, 2.24) is 4.90 Å². The largest absolute Gasteiger partial charge is 0.443 e. The second kappa shape index (κ2) is 8.75. The number of benzene rings is 1. The van der Waals surface area contributed by atoms with Gasteiger partial charge in [-0.2, -0.15) is 0 Å². The molecule has 0 aliphatic rings. The number of hydrogen-bond acceptors (Lipinski definition) is 6. The van der Waals surface area contributed by atoms with Gasteiger partial charge in [0.25, 0.3) is 0 Å². The average molecular weight is 379 g/mol. The highest BCUT2D eigenvalue weighted by Crippen LogP contribution is 2.17. The quantitative estimate of drug-likeness (QED) is 0.487. The highest BCUT2D eigenvalue weighted by molar-refractivity contribution is 5.97. The molecule has 0 aliphatic heterocycles. The van der Waals surface area contributed by atoms with Gasteiger partial charge in [0.05, 0.1) is 6.54 Å². The van der Waals surface area contributed by atoms with Crippen LogP contribution in [0, 0.1) is 0 Å². The first-order valence-electron chi connectivity index (χ1n) is 8.52. The van der Waals surface area contributed by atoms with Crippen molar-refractivity contribution in [3.05, 3.63) is 35.4 Å². The van der Waals surface area contributed by atoms with Gasteiger partial charge in [-0.3, -0.25) is 0 Å². The summed E-state index contributed by atoms with van der Waals surface area (Å²) in [5.74, 6) is 0.222. The van der Waals surface area contributed by atoms with Gasteiger partial charge in [-0.05, 0) is 47.1 Å². The van der Waals surface area contributed by atoms with E-state index in [0.717, 1.165) is 4.90 Å². The molecule has 0 fully saturated rings. The molecular formula is C19H29N3O5. The third-order valence-corrected chi connectivity index (χ3v) is 3.01. The fourth-order valence-electron chi connectivity index (χ4n) is 1.95. The molecule has 2 N–H and O–H groups in total. The molecule has 8 nitrogen and oxygen atoms in total. The zero-order valence-corrected chi connectivity index (χ0v) is 17.0. The molecule has 1 aromatic rings. The predicted molar refractivity (Wildman–Crippen MR) is 102 cm³/mol. The third-order valence-electron chi connectivity index (χ3n) is 3.01. The van der Waals surface area contributed by atoms with E-state index in [1.165, 1.54) is 7.11 Å². The zero-order valence-electron chi connectivity index (χ0n) is 17.0. The van der Waals surface area contributed by atoms with Crippen molar-refractivity contribution in [3.63, 3.8) is 0 Å². The Bertz CT molecular complexity index is 657. The Hall–Kier alpha value is -2.77. The summed E-state index contributed by atoms with van der Waals surface area (Å²) in [4.78, 5) is 30.6. The van der Waals surface area contributed by atoms with E-state index in [1.54, 1.807) is 65.8 Å². The molecule has 8 heteroatoms. The van der Waals surface area contributed by atoms with Crippen LogP contribution in [0.5, 0.6) is 0 Å². The number of nitrogens with two attached hydrogens (primary N) is 1. The molecule has 0 saturated carbocycles. The molecule has 0 radical (unpaired) electrons. The van der Waals surface area contributed by atoms with Crippen molar-refractivity contribution in [2.45, 2.75) is 59.3 Å². The summed E-state index contributed by atoms with van der Waals surface area (Å²) in [5, 5.41) is 3.66. The van der Waals surface area contributed by atoms with Crippen LogP contribution < -0.4 is 5.73 Å². The summed E-state index contributed by atoms with van der Waals surface area (Å²) < 4.78 is 10.7. The lowest BCUT2D eigenvalue weighted by atomic mass is 10.1. The van der Waals surface area contributed by atoms with Crippen molar-refractivity contribution in [3.8, 4) is 0 Å². The third kappa shape index (κ3) is 7.98. The molecule has 1 aromatic carbocycles. The second-order valence-electron chi connectivity index (χ2n) is 7.90. The lowest BCUT2D eigenvalue weighted by molar-refractivity contribution is -0.000245. The number of nitrogens with zero attached hydrogens (tertiary/aromatic N) is 2. The van der Waals surface area contributed by atoms with Crippen LogP contribution in [0.15, 0.2) is 29.4 Å². The summed E-state index contributed by atoms with van der Waals surface area (Å²) in [6, 6.07) is 6.90. The minimum absolute atomic E-state index is 0.00850. The van der Waals surface area contributed by atoms with E-state index in [9.17, 15) is 9.59 Å². The molecule has 0 aromatic heterocycles. The fraction of sp³-hybridized carbons (Fsp3) is 0.526. The monoisotopic (exact) mass is 379 g/mol. The second-order valence-corrected chi connectivity index (χ2v) is 7.90. The van der Waals surface area contributed by atoms with Gasteiger partial charge < -0.3 is 20.0 Å². The number of amides is 2. The Morgan fingerprint density at radius 1 is 0.963 bits per heavy atom. The van der Waals surface area contributed by atoms with Gasteiger partial charge in [-0.1, -0.05) is 29.4 Å². The maximum absolute atomic E-state index is 12.5. The average Bonchev–Trinajstić information content (AvgIpc) is 2.49. The van der Waals surface area contributed by atoms with Crippen molar-refractivity contribution in [2.75, 3.05) is 7.11 Å². The van der Waals surface area contributed by atoms with Gasteiger partial charge in [0.15, 0.2) is 5.84 Å². The summed E-state index contributed by atoms with van der Waals surface area (Å²) >= 11 is 0. The van der Waals surface area contributed by atoms with Crippen LogP contribution in [-0.4, -0.2) is 41.2 Å². The van der Waals surface area contributed by atoms with Gasteiger partial charge in [0.2, 0.25) is 0 Å². The van der Waals surface area contributed by atoms with E-state index < -0.39 is 23.4 Å². The Morgan fingerprint density at radius 2 is 1.41 bits per heavy atom. The van der Waals surface area contributed by atoms with Crippen LogP contribution in [-0.2, 0) is 20.9 Å². The van der Waals surface area contributed by atoms with Crippen molar-refractivity contribution in [2.24, 2.45) is 10.9 Å². The zero-order chi connectivity index (χ0) is 20.8. The van der Waals surface area contributed by atoms with Crippen LogP contribution in [0.3, 0.4) is 0 Å². The molecule has 0 saturated heterocycles. The summed E-state index contributed by atoms with van der Waals surface area (Å²) in [6.45, 7) is 10.4. The van der Waals surface area contributed by atoms with E-state index in [-0.39, 0.29) is 12.4 Å². The number of oxime groups is 1. The molecule has 27 heavy (non-hydrogen) atoms. The van der Waals surface area contributed by atoms with Crippen LogP contribution in [0.4, 0.5) is 9.59 Å².